The zero-order chi connectivity index (χ0) is 21.1. The lowest BCUT2D eigenvalue weighted by molar-refractivity contribution is -0.136. The summed E-state index contributed by atoms with van der Waals surface area (Å²) in [4.78, 5) is 14.6. The predicted molar refractivity (Wildman–Crippen MR) is 115 cm³/mol. The van der Waals surface area contributed by atoms with Crippen molar-refractivity contribution in [1.29, 1.82) is 0 Å². The normalized spacial score (nSPS) is 18.4. The SMILES string of the molecule is CC(C)(C)c1ccc(OCC(=O)N(Cc2ccccc2)[C@@H]2CCS(=O)(=O)C2)cc1. The van der Waals surface area contributed by atoms with Crippen molar-refractivity contribution in [2.45, 2.75) is 45.2 Å². The van der Waals surface area contributed by atoms with E-state index >= 15 is 0 Å². The Hall–Kier alpha value is -2.34. The molecule has 2 aromatic rings. The van der Waals surface area contributed by atoms with Gasteiger partial charge >= 0.3 is 0 Å². The van der Waals surface area contributed by atoms with Gasteiger partial charge in [0.25, 0.3) is 5.91 Å². The molecule has 0 N–H and O–H groups in total. The van der Waals surface area contributed by atoms with Gasteiger partial charge in [0, 0.05) is 12.6 Å². The van der Waals surface area contributed by atoms with Crippen LogP contribution in [0.3, 0.4) is 0 Å². The van der Waals surface area contributed by atoms with Gasteiger partial charge in [-0.15, -0.1) is 0 Å². The van der Waals surface area contributed by atoms with Crippen molar-refractivity contribution in [3.05, 3.63) is 65.7 Å². The molecule has 1 atom stereocenters. The van der Waals surface area contributed by atoms with E-state index in [1.54, 1.807) is 4.90 Å². The summed E-state index contributed by atoms with van der Waals surface area (Å²) in [5.74, 6) is 0.581. The van der Waals surface area contributed by atoms with E-state index < -0.39 is 9.84 Å². The third-order valence-electron chi connectivity index (χ3n) is 5.25. The summed E-state index contributed by atoms with van der Waals surface area (Å²) in [6, 6.07) is 17.1. The number of benzene rings is 2. The Morgan fingerprint density at radius 3 is 2.28 bits per heavy atom. The van der Waals surface area contributed by atoms with Crippen molar-refractivity contribution in [3.63, 3.8) is 0 Å². The largest absolute Gasteiger partial charge is 0.484 e. The number of hydrogen-bond acceptors (Lipinski definition) is 4. The molecule has 3 rings (SSSR count). The van der Waals surface area contributed by atoms with Crippen LogP contribution in [0.2, 0.25) is 0 Å². The summed E-state index contributed by atoms with van der Waals surface area (Å²) in [6.07, 6.45) is 0.473. The number of rotatable bonds is 6. The van der Waals surface area contributed by atoms with Crippen molar-refractivity contribution in [3.8, 4) is 5.75 Å². The third kappa shape index (κ3) is 5.82. The molecule has 1 heterocycles. The van der Waals surface area contributed by atoms with Gasteiger partial charge in [0.1, 0.15) is 5.75 Å². The highest BCUT2D eigenvalue weighted by Gasteiger charge is 2.34. The van der Waals surface area contributed by atoms with Crippen LogP contribution in [0.15, 0.2) is 54.6 Å². The first-order valence-corrected chi connectivity index (χ1v) is 11.7. The van der Waals surface area contributed by atoms with Crippen LogP contribution in [0.1, 0.15) is 38.3 Å². The van der Waals surface area contributed by atoms with Gasteiger partial charge in [0.15, 0.2) is 16.4 Å². The second-order valence-electron chi connectivity index (χ2n) is 8.63. The van der Waals surface area contributed by atoms with Gasteiger partial charge in [-0.3, -0.25) is 4.79 Å². The number of amides is 1. The second-order valence-corrected chi connectivity index (χ2v) is 10.9. The van der Waals surface area contributed by atoms with E-state index in [-0.39, 0.29) is 35.5 Å². The highest BCUT2D eigenvalue weighted by atomic mass is 32.2. The minimum absolute atomic E-state index is 0.0197. The Morgan fingerprint density at radius 1 is 1.07 bits per heavy atom. The molecule has 156 valence electrons. The lowest BCUT2D eigenvalue weighted by Crippen LogP contribution is -2.43. The van der Waals surface area contributed by atoms with E-state index in [0.29, 0.717) is 18.7 Å². The van der Waals surface area contributed by atoms with Crippen LogP contribution in [0.4, 0.5) is 0 Å². The predicted octanol–water partition coefficient (Wildman–Crippen LogP) is 3.58. The van der Waals surface area contributed by atoms with Crippen molar-refractivity contribution in [1.82, 2.24) is 4.90 Å². The van der Waals surface area contributed by atoms with E-state index in [1.807, 2.05) is 54.6 Å². The van der Waals surface area contributed by atoms with Gasteiger partial charge in [-0.2, -0.15) is 0 Å². The molecule has 0 saturated carbocycles. The third-order valence-corrected chi connectivity index (χ3v) is 7.00. The molecule has 5 nitrogen and oxygen atoms in total. The van der Waals surface area contributed by atoms with Crippen molar-refractivity contribution >= 4 is 15.7 Å². The summed E-state index contributed by atoms with van der Waals surface area (Å²) < 4.78 is 29.6. The van der Waals surface area contributed by atoms with Crippen LogP contribution in [-0.4, -0.2) is 43.4 Å². The lowest BCUT2D eigenvalue weighted by Gasteiger charge is -2.28. The summed E-state index contributed by atoms with van der Waals surface area (Å²) in [5, 5.41) is 0. The van der Waals surface area contributed by atoms with Crippen LogP contribution >= 0.6 is 0 Å². The zero-order valence-corrected chi connectivity index (χ0v) is 18.1. The van der Waals surface area contributed by atoms with Gasteiger partial charge < -0.3 is 9.64 Å². The molecule has 1 saturated heterocycles. The summed E-state index contributed by atoms with van der Waals surface area (Å²) >= 11 is 0. The number of sulfone groups is 1. The Morgan fingerprint density at radius 2 is 1.72 bits per heavy atom. The first-order valence-electron chi connectivity index (χ1n) is 9.91. The molecule has 1 amide bonds. The first kappa shape index (κ1) is 21.4. The van der Waals surface area contributed by atoms with E-state index in [4.69, 9.17) is 4.74 Å². The standard InChI is InChI=1S/C23H29NO4S/c1-23(2,3)19-9-11-21(12-10-19)28-16-22(25)24(15-18-7-5-4-6-8-18)20-13-14-29(26,27)17-20/h4-12,20H,13-17H2,1-3H3/t20-/m1/s1. The second kappa shape index (κ2) is 8.57. The Kier molecular flexibility index (Phi) is 6.32. The molecular weight excluding hydrogens is 386 g/mol. The fraction of sp³-hybridized carbons (Fsp3) is 0.435. The maximum atomic E-state index is 13.0. The van der Waals surface area contributed by atoms with Gasteiger partial charge in [-0.05, 0) is 35.1 Å². The maximum absolute atomic E-state index is 13.0. The molecule has 0 unspecified atom stereocenters. The minimum atomic E-state index is -3.09. The highest BCUT2D eigenvalue weighted by molar-refractivity contribution is 7.91. The van der Waals surface area contributed by atoms with Crippen molar-refractivity contribution in [2.24, 2.45) is 0 Å². The molecule has 0 radical (unpaired) electrons. The number of ether oxygens (including phenoxy) is 1. The summed E-state index contributed by atoms with van der Waals surface area (Å²) in [6.45, 7) is 6.70. The molecule has 0 spiro atoms. The Bertz CT molecular complexity index is 931. The fourth-order valence-corrected chi connectivity index (χ4v) is 5.23. The van der Waals surface area contributed by atoms with Crippen molar-refractivity contribution < 1.29 is 17.9 Å². The molecular formula is C23H29NO4S. The molecule has 1 fully saturated rings. The zero-order valence-electron chi connectivity index (χ0n) is 17.3. The highest BCUT2D eigenvalue weighted by Crippen LogP contribution is 2.25. The number of hydrogen-bond donors (Lipinski definition) is 0. The Balaban J connectivity index is 1.69. The van der Waals surface area contributed by atoms with Gasteiger partial charge in [0.2, 0.25) is 0 Å². The van der Waals surface area contributed by atoms with Crippen molar-refractivity contribution in [2.75, 3.05) is 18.1 Å². The number of carbonyl (C=O) groups is 1. The number of nitrogens with zero attached hydrogens (tertiary/aromatic N) is 1. The van der Waals surface area contributed by atoms with Gasteiger partial charge in [0.05, 0.1) is 11.5 Å². The molecule has 2 aromatic carbocycles. The average Bonchev–Trinajstić information content (AvgIpc) is 3.04. The number of carbonyl (C=O) groups excluding carboxylic acids is 1. The van der Waals surface area contributed by atoms with Gasteiger partial charge in [-0.1, -0.05) is 63.2 Å². The molecule has 1 aliphatic rings. The Labute approximate surface area is 173 Å². The van der Waals surface area contributed by atoms with Gasteiger partial charge in [-0.25, -0.2) is 8.42 Å². The summed E-state index contributed by atoms with van der Waals surface area (Å²) in [7, 11) is -3.09. The first-order chi connectivity index (χ1) is 13.6. The monoisotopic (exact) mass is 415 g/mol. The topological polar surface area (TPSA) is 63.7 Å². The van der Waals surface area contributed by atoms with E-state index in [1.165, 1.54) is 5.56 Å². The van der Waals surface area contributed by atoms with E-state index in [9.17, 15) is 13.2 Å². The molecule has 29 heavy (non-hydrogen) atoms. The molecule has 0 bridgehead atoms. The molecule has 0 aliphatic carbocycles. The fourth-order valence-electron chi connectivity index (χ4n) is 3.50. The van der Waals surface area contributed by atoms with E-state index in [2.05, 4.69) is 20.8 Å². The molecule has 0 aromatic heterocycles. The molecule has 6 heteroatoms. The minimum Gasteiger partial charge on any atom is -0.484 e. The quantitative estimate of drug-likeness (QED) is 0.723. The average molecular weight is 416 g/mol. The maximum Gasteiger partial charge on any atom is 0.261 e. The van der Waals surface area contributed by atoms with Crippen LogP contribution in [0.25, 0.3) is 0 Å². The smallest absolute Gasteiger partial charge is 0.261 e. The molecule has 1 aliphatic heterocycles. The van der Waals surface area contributed by atoms with E-state index in [0.717, 1.165) is 5.56 Å². The van der Waals surface area contributed by atoms with Crippen LogP contribution in [0.5, 0.6) is 5.75 Å². The van der Waals surface area contributed by atoms with Crippen LogP contribution < -0.4 is 4.74 Å². The van der Waals surface area contributed by atoms with Crippen LogP contribution in [-0.2, 0) is 26.6 Å². The van der Waals surface area contributed by atoms with Crippen LogP contribution in [0, 0.1) is 0 Å². The lowest BCUT2D eigenvalue weighted by atomic mass is 9.87. The summed E-state index contributed by atoms with van der Waals surface area (Å²) in [5.41, 5.74) is 2.21.